The highest BCUT2D eigenvalue weighted by Crippen LogP contribution is 2.45. The van der Waals surface area contributed by atoms with Gasteiger partial charge in [0.15, 0.2) is 0 Å². The van der Waals surface area contributed by atoms with Crippen LogP contribution in [0.25, 0.3) is 0 Å². The molecule has 0 bridgehead atoms. The lowest BCUT2D eigenvalue weighted by atomic mass is 9.81. The van der Waals surface area contributed by atoms with Gasteiger partial charge < -0.3 is 20.3 Å². The van der Waals surface area contributed by atoms with E-state index in [1.54, 1.807) is 30.3 Å². The Balaban J connectivity index is 2.45. The van der Waals surface area contributed by atoms with Gasteiger partial charge in [-0.15, -0.1) is 0 Å². The van der Waals surface area contributed by atoms with Crippen LogP contribution in [-0.2, 0) is 19.1 Å². The molecule has 1 aliphatic rings. The van der Waals surface area contributed by atoms with Crippen LogP contribution in [0.1, 0.15) is 11.5 Å². The van der Waals surface area contributed by atoms with E-state index >= 15 is 0 Å². The van der Waals surface area contributed by atoms with Gasteiger partial charge in [-0.25, -0.2) is 14.0 Å². The largest absolute Gasteiger partial charge is 0.506 e. The number of hydrogen-bond donors (Lipinski definition) is 2. The first-order chi connectivity index (χ1) is 14.8. The number of halogens is 1. The molecule has 0 radical (unpaired) electrons. The maximum atomic E-state index is 14.0. The van der Waals surface area contributed by atoms with E-state index in [1.165, 1.54) is 0 Å². The van der Waals surface area contributed by atoms with Gasteiger partial charge in [0.05, 0.1) is 43.0 Å². The summed E-state index contributed by atoms with van der Waals surface area (Å²) in [6, 6.07) is 13.4. The molecule has 2 aromatic carbocycles. The molecule has 0 aliphatic carbocycles. The highest BCUT2D eigenvalue weighted by Gasteiger charge is 2.43. The third-order valence-electron chi connectivity index (χ3n) is 4.79. The summed E-state index contributed by atoms with van der Waals surface area (Å²) >= 11 is 0. The van der Waals surface area contributed by atoms with Crippen LogP contribution in [0.5, 0.6) is 5.75 Å². The zero-order valence-electron chi connectivity index (χ0n) is 16.6. The first kappa shape index (κ1) is 21.4. The molecule has 0 aromatic heterocycles. The zero-order chi connectivity index (χ0) is 22.7. The van der Waals surface area contributed by atoms with Crippen molar-refractivity contribution < 1.29 is 28.6 Å². The number of hydrogen-bond acceptors (Lipinski definition) is 8. The number of nitrogens with zero attached hydrogens (tertiary/aromatic N) is 2. The number of phenolic OH excluding ortho intramolecular Hbond substituents is 1. The number of anilines is 1. The molecular weight excluding hydrogens is 405 g/mol. The Morgan fingerprint density at radius 1 is 1.13 bits per heavy atom. The summed E-state index contributed by atoms with van der Waals surface area (Å²) in [5.74, 6) is -4.43. The minimum absolute atomic E-state index is 0.0945. The quantitative estimate of drug-likeness (QED) is 0.718. The Morgan fingerprint density at radius 3 is 2.35 bits per heavy atom. The van der Waals surface area contributed by atoms with E-state index in [0.29, 0.717) is 5.56 Å². The first-order valence-corrected chi connectivity index (χ1v) is 8.99. The molecule has 3 rings (SSSR count). The van der Waals surface area contributed by atoms with Gasteiger partial charge in [-0.1, -0.05) is 30.3 Å². The van der Waals surface area contributed by atoms with Gasteiger partial charge in [0.1, 0.15) is 23.1 Å². The van der Waals surface area contributed by atoms with Crippen molar-refractivity contribution in [2.24, 2.45) is 5.73 Å². The summed E-state index contributed by atoms with van der Waals surface area (Å²) in [7, 11) is 2.20. The lowest BCUT2D eigenvalue weighted by Gasteiger charge is -2.36. The van der Waals surface area contributed by atoms with Crippen molar-refractivity contribution in [2.75, 3.05) is 19.1 Å². The molecule has 0 spiro atoms. The molecule has 9 heteroatoms. The second kappa shape index (κ2) is 8.59. The van der Waals surface area contributed by atoms with Crippen LogP contribution in [0, 0.1) is 17.1 Å². The van der Waals surface area contributed by atoms with E-state index in [4.69, 9.17) is 15.2 Å². The molecule has 1 unspecified atom stereocenters. The number of methoxy groups -OCH3 is 2. The number of rotatable bonds is 4. The second-order valence-corrected chi connectivity index (χ2v) is 6.47. The molecule has 1 aliphatic heterocycles. The van der Waals surface area contributed by atoms with Crippen molar-refractivity contribution >= 4 is 17.6 Å². The number of phenols is 1. The average Bonchev–Trinajstić information content (AvgIpc) is 2.79. The summed E-state index contributed by atoms with van der Waals surface area (Å²) in [6.07, 6.45) is 0. The van der Waals surface area contributed by atoms with Crippen LogP contribution in [-0.4, -0.2) is 31.3 Å². The van der Waals surface area contributed by atoms with Crippen molar-refractivity contribution in [3.8, 4) is 11.8 Å². The molecular formula is C22H18FN3O5. The number of ether oxygens (including phenoxy) is 2. The normalized spacial score (nSPS) is 16.1. The topological polar surface area (TPSA) is 126 Å². The van der Waals surface area contributed by atoms with E-state index in [9.17, 15) is 24.3 Å². The average molecular weight is 423 g/mol. The number of carbonyl (C=O) groups is 2. The smallest absolute Gasteiger partial charge is 0.355 e. The molecule has 0 saturated heterocycles. The lowest BCUT2D eigenvalue weighted by Crippen LogP contribution is -2.40. The maximum absolute atomic E-state index is 14.0. The van der Waals surface area contributed by atoms with Crippen LogP contribution in [0.15, 0.2) is 71.2 Å². The molecule has 2 aromatic rings. The van der Waals surface area contributed by atoms with Crippen LogP contribution in [0.3, 0.4) is 0 Å². The second-order valence-electron chi connectivity index (χ2n) is 6.47. The maximum Gasteiger partial charge on any atom is 0.355 e. The number of allylic oxidation sites excluding steroid dienone is 1. The number of benzene rings is 2. The molecule has 0 amide bonds. The zero-order valence-corrected chi connectivity index (χ0v) is 16.6. The standard InChI is InChI=1S/C22H18FN3O5/c1-30-21(28)18-17(12-6-4-3-5-7-12)14(11-24)20(25)26(19(18)22(29)31-2)15-10-13(23)8-9-16(15)27/h3-10,17,27H,25H2,1-2H3. The summed E-state index contributed by atoms with van der Waals surface area (Å²) in [4.78, 5) is 26.6. The first-order valence-electron chi connectivity index (χ1n) is 8.99. The lowest BCUT2D eigenvalue weighted by molar-refractivity contribution is -0.139. The summed E-state index contributed by atoms with van der Waals surface area (Å²) < 4.78 is 23.7. The number of carbonyl (C=O) groups excluding carboxylic acids is 2. The molecule has 1 heterocycles. The number of nitriles is 1. The highest BCUT2D eigenvalue weighted by atomic mass is 19.1. The van der Waals surface area contributed by atoms with Crippen LogP contribution in [0.2, 0.25) is 0 Å². The van der Waals surface area contributed by atoms with Crippen LogP contribution in [0.4, 0.5) is 10.1 Å². The van der Waals surface area contributed by atoms with Crippen LogP contribution >= 0.6 is 0 Å². The van der Waals surface area contributed by atoms with E-state index in [0.717, 1.165) is 37.3 Å². The highest BCUT2D eigenvalue weighted by molar-refractivity contribution is 6.06. The van der Waals surface area contributed by atoms with E-state index in [2.05, 4.69) is 0 Å². The molecule has 31 heavy (non-hydrogen) atoms. The molecule has 158 valence electrons. The Morgan fingerprint density at radius 2 is 1.77 bits per heavy atom. The Bertz CT molecular complexity index is 1150. The minimum Gasteiger partial charge on any atom is -0.506 e. The van der Waals surface area contributed by atoms with Gasteiger partial charge in [-0.05, 0) is 17.7 Å². The summed E-state index contributed by atoms with van der Waals surface area (Å²) in [5.41, 5.74) is 5.76. The van der Waals surface area contributed by atoms with Gasteiger partial charge >= 0.3 is 11.9 Å². The van der Waals surface area contributed by atoms with Crippen molar-refractivity contribution in [3.63, 3.8) is 0 Å². The minimum atomic E-state index is -1.06. The molecule has 1 atom stereocenters. The summed E-state index contributed by atoms with van der Waals surface area (Å²) in [6.45, 7) is 0. The van der Waals surface area contributed by atoms with E-state index < -0.39 is 35.1 Å². The Hall–Kier alpha value is -4.32. The Labute approximate surface area is 177 Å². The fourth-order valence-electron chi connectivity index (χ4n) is 3.44. The van der Waals surface area contributed by atoms with Crippen molar-refractivity contribution in [2.45, 2.75) is 5.92 Å². The fourth-order valence-corrected chi connectivity index (χ4v) is 3.44. The number of nitrogens with two attached hydrogens (primary N) is 1. The predicted octanol–water partition coefficient (Wildman–Crippen LogP) is 2.43. The monoisotopic (exact) mass is 423 g/mol. The van der Waals surface area contributed by atoms with Gasteiger partial charge in [0, 0.05) is 6.07 Å². The van der Waals surface area contributed by atoms with E-state index in [-0.39, 0.29) is 22.7 Å². The third kappa shape index (κ3) is 3.67. The molecule has 3 N–H and O–H groups in total. The molecule has 8 nitrogen and oxygen atoms in total. The number of aromatic hydroxyl groups is 1. The number of esters is 2. The third-order valence-corrected chi connectivity index (χ3v) is 4.79. The Kier molecular flexibility index (Phi) is 5.93. The van der Waals surface area contributed by atoms with Gasteiger partial charge in [0.2, 0.25) is 0 Å². The van der Waals surface area contributed by atoms with Crippen molar-refractivity contribution in [3.05, 3.63) is 82.6 Å². The van der Waals surface area contributed by atoms with Crippen molar-refractivity contribution in [1.29, 1.82) is 5.26 Å². The molecule has 0 fully saturated rings. The molecule has 0 saturated carbocycles. The van der Waals surface area contributed by atoms with E-state index in [1.807, 2.05) is 6.07 Å². The summed E-state index contributed by atoms with van der Waals surface area (Å²) in [5, 5.41) is 20.2. The van der Waals surface area contributed by atoms with Crippen molar-refractivity contribution in [1.82, 2.24) is 0 Å². The van der Waals surface area contributed by atoms with Gasteiger partial charge in [-0.3, -0.25) is 4.90 Å². The van der Waals surface area contributed by atoms with Gasteiger partial charge in [-0.2, -0.15) is 5.26 Å². The van der Waals surface area contributed by atoms with Gasteiger partial charge in [0.25, 0.3) is 0 Å². The predicted molar refractivity (Wildman–Crippen MR) is 108 cm³/mol. The SMILES string of the molecule is COC(=O)C1=C(C(=O)OC)N(c2cc(F)ccc2O)C(N)=C(C#N)C1c1ccccc1. The van der Waals surface area contributed by atoms with Crippen LogP contribution < -0.4 is 10.6 Å². The fraction of sp³-hybridized carbons (Fsp3) is 0.136.